The molecule has 0 bridgehead atoms. The number of hydrogen-bond acceptors (Lipinski definition) is 2. The predicted molar refractivity (Wildman–Crippen MR) is 83.0 cm³/mol. The van der Waals surface area contributed by atoms with Gasteiger partial charge in [-0.1, -0.05) is 44.4 Å². The van der Waals surface area contributed by atoms with E-state index in [0.29, 0.717) is 17.9 Å². The molecule has 1 aliphatic carbocycles. The first-order valence-electron chi connectivity index (χ1n) is 8.27. The molecule has 1 heterocycles. The molecule has 2 nitrogen and oxygen atoms in total. The highest BCUT2D eigenvalue weighted by atomic mass is 16.5. The lowest BCUT2D eigenvalue weighted by molar-refractivity contribution is 0.186. The monoisotopic (exact) mass is 273 g/mol. The van der Waals surface area contributed by atoms with E-state index in [1.165, 1.54) is 37.7 Å². The van der Waals surface area contributed by atoms with Crippen molar-refractivity contribution in [1.82, 2.24) is 0 Å². The lowest BCUT2D eigenvalue weighted by Gasteiger charge is -2.38. The Labute approximate surface area is 122 Å². The molecule has 0 amide bonds. The Kier molecular flexibility index (Phi) is 4.30. The van der Waals surface area contributed by atoms with Gasteiger partial charge in [0.15, 0.2) is 0 Å². The smallest absolute Gasteiger partial charge is 0.122 e. The summed E-state index contributed by atoms with van der Waals surface area (Å²) in [6, 6.07) is 8.77. The molecule has 2 heteroatoms. The Balaban J connectivity index is 1.76. The normalized spacial score (nSPS) is 31.2. The second kappa shape index (κ2) is 6.17. The van der Waals surface area contributed by atoms with Gasteiger partial charge in [0, 0.05) is 12.0 Å². The van der Waals surface area contributed by atoms with Crippen LogP contribution in [0.4, 0.5) is 0 Å². The average molecular weight is 273 g/mol. The van der Waals surface area contributed by atoms with Gasteiger partial charge in [-0.05, 0) is 42.7 Å². The van der Waals surface area contributed by atoms with Gasteiger partial charge in [-0.15, -0.1) is 0 Å². The maximum Gasteiger partial charge on any atom is 0.122 e. The first-order valence-corrected chi connectivity index (χ1v) is 8.27. The predicted octanol–water partition coefficient (Wildman–Crippen LogP) is 4.10. The Hall–Kier alpha value is -1.02. The van der Waals surface area contributed by atoms with Crippen LogP contribution in [-0.2, 0) is 0 Å². The van der Waals surface area contributed by atoms with Crippen molar-refractivity contribution < 1.29 is 4.74 Å². The van der Waals surface area contributed by atoms with E-state index in [1.807, 2.05) is 0 Å². The zero-order chi connectivity index (χ0) is 13.9. The lowest BCUT2D eigenvalue weighted by atomic mass is 9.71. The van der Waals surface area contributed by atoms with Crippen LogP contribution in [0.25, 0.3) is 0 Å². The van der Waals surface area contributed by atoms with E-state index in [1.54, 1.807) is 0 Å². The SMILES string of the molecule is CCC1CCCC(C(N)C2CCOc3ccccc32)C1. The molecular weight excluding hydrogens is 246 g/mol. The zero-order valence-electron chi connectivity index (χ0n) is 12.6. The quantitative estimate of drug-likeness (QED) is 0.900. The van der Waals surface area contributed by atoms with E-state index in [-0.39, 0.29) is 0 Å². The second-order valence-corrected chi connectivity index (χ2v) is 6.56. The van der Waals surface area contributed by atoms with Gasteiger partial charge in [-0.3, -0.25) is 0 Å². The van der Waals surface area contributed by atoms with Crippen LogP contribution in [-0.4, -0.2) is 12.6 Å². The van der Waals surface area contributed by atoms with Crippen LogP contribution < -0.4 is 10.5 Å². The van der Waals surface area contributed by atoms with E-state index in [9.17, 15) is 0 Å². The summed E-state index contributed by atoms with van der Waals surface area (Å²) in [5, 5.41) is 0. The van der Waals surface area contributed by atoms with E-state index in [4.69, 9.17) is 10.5 Å². The maximum atomic E-state index is 6.70. The summed E-state index contributed by atoms with van der Waals surface area (Å²) in [5.41, 5.74) is 8.04. The van der Waals surface area contributed by atoms with Crippen LogP contribution in [0, 0.1) is 11.8 Å². The molecule has 0 aromatic heterocycles. The van der Waals surface area contributed by atoms with Gasteiger partial charge in [0.1, 0.15) is 5.75 Å². The molecule has 1 aliphatic heterocycles. The number of rotatable bonds is 3. The van der Waals surface area contributed by atoms with E-state index in [0.717, 1.165) is 24.7 Å². The minimum absolute atomic E-state index is 0.300. The van der Waals surface area contributed by atoms with Gasteiger partial charge in [-0.25, -0.2) is 0 Å². The zero-order valence-corrected chi connectivity index (χ0v) is 12.6. The fourth-order valence-corrected chi connectivity index (χ4v) is 4.15. The molecule has 0 saturated heterocycles. The van der Waals surface area contributed by atoms with Gasteiger partial charge in [0.25, 0.3) is 0 Å². The number of para-hydroxylation sites is 1. The molecule has 1 fully saturated rings. The first-order chi connectivity index (χ1) is 9.79. The summed E-state index contributed by atoms with van der Waals surface area (Å²) in [7, 11) is 0. The first kappa shape index (κ1) is 13.9. The summed E-state index contributed by atoms with van der Waals surface area (Å²) < 4.78 is 5.78. The van der Waals surface area contributed by atoms with Crippen LogP contribution in [0.1, 0.15) is 56.9 Å². The fourth-order valence-electron chi connectivity index (χ4n) is 4.15. The minimum atomic E-state index is 0.300. The molecule has 3 rings (SSSR count). The largest absolute Gasteiger partial charge is 0.493 e. The third-order valence-corrected chi connectivity index (χ3v) is 5.41. The molecule has 1 aromatic rings. The Morgan fingerprint density at radius 2 is 2.10 bits per heavy atom. The third kappa shape index (κ3) is 2.71. The van der Waals surface area contributed by atoms with Crippen molar-refractivity contribution in [2.75, 3.05) is 6.61 Å². The van der Waals surface area contributed by atoms with Crippen molar-refractivity contribution in [3.8, 4) is 5.75 Å². The van der Waals surface area contributed by atoms with Crippen molar-refractivity contribution in [1.29, 1.82) is 0 Å². The van der Waals surface area contributed by atoms with Crippen LogP contribution in [0.2, 0.25) is 0 Å². The Bertz CT molecular complexity index is 445. The van der Waals surface area contributed by atoms with Crippen molar-refractivity contribution >= 4 is 0 Å². The number of fused-ring (bicyclic) bond motifs is 1. The van der Waals surface area contributed by atoms with E-state index in [2.05, 4.69) is 31.2 Å². The molecular formula is C18H27NO. The molecule has 0 spiro atoms. The molecule has 110 valence electrons. The standard InChI is InChI=1S/C18H27NO/c1-2-13-6-5-7-14(12-13)18(19)16-10-11-20-17-9-4-3-8-15(16)17/h3-4,8-9,13-14,16,18H,2,5-7,10-12,19H2,1H3. The van der Waals surface area contributed by atoms with Crippen molar-refractivity contribution in [3.05, 3.63) is 29.8 Å². The lowest BCUT2D eigenvalue weighted by Crippen LogP contribution is -2.40. The molecule has 4 unspecified atom stereocenters. The molecule has 2 aliphatic rings. The highest BCUT2D eigenvalue weighted by molar-refractivity contribution is 5.38. The molecule has 2 N–H and O–H groups in total. The van der Waals surface area contributed by atoms with Gasteiger partial charge >= 0.3 is 0 Å². The van der Waals surface area contributed by atoms with E-state index < -0.39 is 0 Å². The summed E-state index contributed by atoms with van der Waals surface area (Å²) in [4.78, 5) is 0. The Morgan fingerprint density at radius 1 is 1.25 bits per heavy atom. The number of hydrogen-bond donors (Lipinski definition) is 1. The fraction of sp³-hybridized carbons (Fsp3) is 0.667. The Morgan fingerprint density at radius 3 is 2.95 bits per heavy atom. The van der Waals surface area contributed by atoms with Crippen LogP contribution in [0.15, 0.2) is 24.3 Å². The minimum Gasteiger partial charge on any atom is -0.493 e. The number of benzene rings is 1. The second-order valence-electron chi connectivity index (χ2n) is 6.56. The van der Waals surface area contributed by atoms with E-state index >= 15 is 0 Å². The van der Waals surface area contributed by atoms with Crippen molar-refractivity contribution in [3.63, 3.8) is 0 Å². The van der Waals surface area contributed by atoms with Crippen molar-refractivity contribution in [2.45, 2.75) is 57.4 Å². The number of ether oxygens (including phenoxy) is 1. The average Bonchev–Trinajstić information content (AvgIpc) is 2.53. The summed E-state index contributed by atoms with van der Waals surface area (Å²) in [6.45, 7) is 3.14. The molecule has 0 radical (unpaired) electrons. The molecule has 20 heavy (non-hydrogen) atoms. The summed E-state index contributed by atoms with van der Waals surface area (Å²) in [6.07, 6.45) is 7.80. The highest BCUT2D eigenvalue weighted by Crippen LogP contribution is 2.41. The summed E-state index contributed by atoms with van der Waals surface area (Å²) in [5.74, 6) is 3.14. The van der Waals surface area contributed by atoms with Gasteiger partial charge in [-0.2, -0.15) is 0 Å². The van der Waals surface area contributed by atoms with Gasteiger partial charge in [0.2, 0.25) is 0 Å². The van der Waals surface area contributed by atoms with Gasteiger partial charge in [0.05, 0.1) is 6.61 Å². The van der Waals surface area contributed by atoms with Crippen LogP contribution in [0.3, 0.4) is 0 Å². The van der Waals surface area contributed by atoms with Crippen LogP contribution in [0.5, 0.6) is 5.75 Å². The summed E-state index contributed by atoms with van der Waals surface area (Å²) >= 11 is 0. The topological polar surface area (TPSA) is 35.2 Å². The maximum absolute atomic E-state index is 6.70. The van der Waals surface area contributed by atoms with Crippen LogP contribution >= 0.6 is 0 Å². The molecule has 1 aromatic carbocycles. The van der Waals surface area contributed by atoms with Gasteiger partial charge < -0.3 is 10.5 Å². The molecule has 1 saturated carbocycles. The highest BCUT2D eigenvalue weighted by Gasteiger charge is 2.33. The molecule has 4 atom stereocenters. The number of nitrogens with two attached hydrogens (primary N) is 1. The third-order valence-electron chi connectivity index (χ3n) is 5.41. The van der Waals surface area contributed by atoms with Crippen molar-refractivity contribution in [2.24, 2.45) is 17.6 Å².